The number of nitrogens with one attached hydrogen (secondary N) is 1. The van der Waals surface area contributed by atoms with Gasteiger partial charge in [-0.25, -0.2) is 0 Å². The molecule has 2 aliphatic heterocycles. The maximum atomic E-state index is 10.1. The fourth-order valence-electron chi connectivity index (χ4n) is 2.78. The van der Waals surface area contributed by atoms with Gasteiger partial charge in [0.15, 0.2) is 0 Å². The van der Waals surface area contributed by atoms with Crippen molar-refractivity contribution in [3.63, 3.8) is 0 Å². The number of hydrogen-bond donors (Lipinski definition) is 2. The molecule has 2 fully saturated rings. The van der Waals surface area contributed by atoms with Crippen LogP contribution < -0.4 is 5.32 Å². The van der Waals surface area contributed by atoms with Gasteiger partial charge in [0.2, 0.25) is 0 Å². The highest BCUT2D eigenvalue weighted by atomic mass is 32.2. The van der Waals surface area contributed by atoms with Gasteiger partial charge in [0.1, 0.15) is 0 Å². The van der Waals surface area contributed by atoms with Gasteiger partial charge in [-0.3, -0.25) is 0 Å². The van der Waals surface area contributed by atoms with Gasteiger partial charge in [0.25, 0.3) is 0 Å². The Balaban J connectivity index is 1.83. The molecular weight excluding hydrogens is 246 g/mol. The third-order valence-corrected chi connectivity index (χ3v) is 5.42. The standard InChI is InChI=1S/C14H27NO2S/c1-3-13(2,16)11-15-12-4-7-17-14(10-12)5-8-18-9-6-14/h12,15-16H,3-11H2,1-2H3. The molecular formula is C14H27NO2S. The topological polar surface area (TPSA) is 41.5 Å². The van der Waals surface area contributed by atoms with Gasteiger partial charge in [-0.2, -0.15) is 11.8 Å². The number of thioether (sulfide) groups is 1. The summed E-state index contributed by atoms with van der Waals surface area (Å²) >= 11 is 2.04. The fraction of sp³-hybridized carbons (Fsp3) is 1.00. The number of aliphatic hydroxyl groups is 1. The monoisotopic (exact) mass is 273 g/mol. The molecule has 0 amide bonds. The molecule has 0 radical (unpaired) electrons. The van der Waals surface area contributed by atoms with Gasteiger partial charge < -0.3 is 15.2 Å². The van der Waals surface area contributed by atoms with E-state index >= 15 is 0 Å². The normalized spacial score (nSPS) is 31.2. The van der Waals surface area contributed by atoms with Crippen LogP contribution in [-0.4, -0.2) is 47.0 Å². The Morgan fingerprint density at radius 2 is 2.17 bits per heavy atom. The van der Waals surface area contributed by atoms with E-state index in [1.807, 2.05) is 25.6 Å². The lowest BCUT2D eigenvalue weighted by atomic mass is 9.85. The van der Waals surface area contributed by atoms with Crippen molar-refractivity contribution in [2.45, 2.75) is 63.2 Å². The van der Waals surface area contributed by atoms with E-state index in [0.29, 0.717) is 12.6 Å². The van der Waals surface area contributed by atoms with Crippen molar-refractivity contribution in [2.24, 2.45) is 0 Å². The smallest absolute Gasteiger partial charge is 0.0741 e. The van der Waals surface area contributed by atoms with Crippen LogP contribution in [0, 0.1) is 0 Å². The second-order valence-electron chi connectivity index (χ2n) is 6.06. The molecule has 18 heavy (non-hydrogen) atoms. The van der Waals surface area contributed by atoms with E-state index in [1.165, 1.54) is 24.3 Å². The summed E-state index contributed by atoms with van der Waals surface area (Å²) in [5.74, 6) is 2.47. The Morgan fingerprint density at radius 1 is 1.44 bits per heavy atom. The van der Waals surface area contributed by atoms with E-state index in [4.69, 9.17) is 4.74 Å². The molecule has 2 rings (SSSR count). The molecule has 1 spiro atoms. The van der Waals surface area contributed by atoms with Gasteiger partial charge >= 0.3 is 0 Å². The van der Waals surface area contributed by atoms with Crippen molar-refractivity contribution in [2.75, 3.05) is 24.7 Å². The summed E-state index contributed by atoms with van der Waals surface area (Å²) < 4.78 is 6.08. The van der Waals surface area contributed by atoms with Crippen molar-refractivity contribution in [1.29, 1.82) is 0 Å². The van der Waals surface area contributed by atoms with Crippen molar-refractivity contribution in [1.82, 2.24) is 5.32 Å². The number of hydrogen-bond acceptors (Lipinski definition) is 4. The molecule has 2 saturated heterocycles. The minimum absolute atomic E-state index is 0.138. The van der Waals surface area contributed by atoms with Crippen LogP contribution in [-0.2, 0) is 4.74 Å². The van der Waals surface area contributed by atoms with Crippen LogP contribution in [0.1, 0.15) is 46.0 Å². The van der Waals surface area contributed by atoms with Crippen LogP contribution in [0.3, 0.4) is 0 Å². The van der Waals surface area contributed by atoms with Gasteiger partial charge in [0.05, 0.1) is 11.2 Å². The van der Waals surface area contributed by atoms with Crippen LogP contribution >= 0.6 is 11.8 Å². The molecule has 4 heteroatoms. The van der Waals surface area contributed by atoms with Crippen LogP contribution in [0.25, 0.3) is 0 Å². The quantitative estimate of drug-likeness (QED) is 0.824. The first-order valence-electron chi connectivity index (χ1n) is 7.23. The van der Waals surface area contributed by atoms with Crippen molar-refractivity contribution < 1.29 is 9.84 Å². The minimum atomic E-state index is -0.576. The molecule has 0 aliphatic carbocycles. The average molecular weight is 273 g/mol. The predicted octanol–water partition coefficient (Wildman–Crippen LogP) is 2.18. The van der Waals surface area contributed by atoms with Crippen molar-refractivity contribution in [3.05, 3.63) is 0 Å². The van der Waals surface area contributed by atoms with Crippen LogP contribution in [0.15, 0.2) is 0 Å². The third kappa shape index (κ3) is 3.86. The summed E-state index contributed by atoms with van der Waals surface area (Å²) in [5.41, 5.74) is -0.437. The van der Waals surface area contributed by atoms with Crippen LogP contribution in [0.2, 0.25) is 0 Å². The van der Waals surface area contributed by atoms with E-state index in [1.54, 1.807) is 0 Å². The van der Waals surface area contributed by atoms with Gasteiger partial charge in [-0.15, -0.1) is 0 Å². The Morgan fingerprint density at radius 3 is 2.83 bits per heavy atom. The lowest BCUT2D eigenvalue weighted by Gasteiger charge is -2.44. The van der Waals surface area contributed by atoms with E-state index in [0.717, 1.165) is 25.9 Å². The Bertz CT molecular complexity index is 259. The molecule has 0 bridgehead atoms. The summed E-state index contributed by atoms with van der Waals surface area (Å²) in [6, 6.07) is 0.514. The number of ether oxygens (including phenoxy) is 1. The maximum Gasteiger partial charge on any atom is 0.0741 e. The van der Waals surface area contributed by atoms with Gasteiger partial charge in [-0.05, 0) is 50.5 Å². The first-order chi connectivity index (χ1) is 8.55. The molecule has 3 nitrogen and oxygen atoms in total. The summed E-state index contributed by atoms with van der Waals surface area (Å²) in [6.45, 7) is 5.51. The largest absolute Gasteiger partial charge is 0.389 e. The van der Waals surface area contributed by atoms with E-state index in [2.05, 4.69) is 5.32 Å². The predicted molar refractivity (Wildman–Crippen MR) is 77.2 cm³/mol. The minimum Gasteiger partial charge on any atom is -0.389 e. The molecule has 106 valence electrons. The van der Waals surface area contributed by atoms with Crippen LogP contribution in [0.4, 0.5) is 0 Å². The third-order valence-electron chi connectivity index (χ3n) is 4.43. The second kappa shape index (κ2) is 6.12. The number of rotatable bonds is 4. The summed E-state index contributed by atoms with van der Waals surface area (Å²) in [5, 5.41) is 13.6. The molecule has 2 N–H and O–H groups in total. The maximum absolute atomic E-state index is 10.1. The highest BCUT2D eigenvalue weighted by molar-refractivity contribution is 7.99. The Labute approximate surface area is 115 Å². The first-order valence-corrected chi connectivity index (χ1v) is 8.38. The zero-order valence-electron chi connectivity index (χ0n) is 11.7. The SMILES string of the molecule is CCC(C)(O)CNC1CCOC2(CCSCC2)C1. The molecule has 0 aromatic rings. The highest BCUT2D eigenvalue weighted by Crippen LogP contribution is 2.37. The first kappa shape index (κ1) is 14.6. The van der Waals surface area contributed by atoms with Crippen molar-refractivity contribution >= 4 is 11.8 Å². The lowest BCUT2D eigenvalue weighted by Crippen LogP contribution is -2.51. The van der Waals surface area contributed by atoms with Crippen LogP contribution in [0.5, 0.6) is 0 Å². The van der Waals surface area contributed by atoms with E-state index in [9.17, 15) is 5.11 Å². The zero-order valence-corrected chi connectivity index (χ0v) is 12.5. The molecule has 0 saturated carbocycles. The Kier molecular flexibility index (Phi) is 4.98. The van der Waals surface area contributed by atoms with Crippen molar-refractivity contribution in [3.8, 4) is 0 Å². The highest BCUT2D eigenvalue weighted by Gasteiger charge is 2.38. The van der Waals surface area contributed by atoms with Gasteiger partial charge in [0, 0.05) is 19.2 Å². The molecule has 2 atom stereocenters. The lowest BCUT2D eigenvalue weighted by molar-refractivity contribution is -0.0951. The molecule has 0 aromatic carbocycles. The summed E-state index contributed by atoms with van der Waals surface area (Å²) in [6.07, 6.45) is 5.38. The second-order valence-corrected chi connectivity index (χ2v) is 7.29. The van der Waals surface area contributed by atoms with E-state index in [-0.39, 0.29) is 5.60 Å². The summed E-state index contributed by atoms with van der Waals surface area (Å²) in [4.78, 5) is 0. The molecule has 0 aromatic heterocycles. The molecule has 2 heterocycles. The summed E-state index contributed by atoms with van der Waals surface area (Å²) in [7, 11) is 0. The van der Waals surface area contributed by atoms with E-state index < -0.39 is 5.60 Å². The van der Waals surface area contributed by atoms with Gasteiger partial charge in [-0.1, -0.05) is 6.92 Å². The molecule has 2 unspecified atom stereocenters. The average Bonchev–Trinajstić information content (AvgIpc) is 2.38. The molecule has 2 aliphatic rings. The fourth-order valence-corrected chi connectivity index (χ4v) is 4.02. The Hall–Kier alpha value is 0.230. The zero-order chi connectivity index (χ0) is 13.1.